The van der Waals surface area contributed by atoms with Crippen molar-refractivity contribution >= 4 is 23.1 Å². The maximum absolute atomic E-state index is 11.0. The number of unbranched alkanes of at least 4 members (excludes halogenated alkanes) is 1. The standard InChI is InChI=1S/C7H10ClNOS/c1-2-3-4-5-6(8)11-9-7(5)10/h2-4H2,1H3,(H,9,10). The van der Waals surface area contributed by atoms with Gasteiger partial charge in [-0.15, -0.1) is 0 Å². The summed E-state index contributed by atoms with van der Waals surface area (Å²) in [5.74, 6) is 0. The summed E-state index contributed by atoms with van der Waals surface area (Å²) in [4.78, 5) is 11.0. The first-order chi connectivity index (χ1) is 5.25. The second-order valence-electron chi connectivity index (χ2n) is 2.39. The van der Waals surface area contributed by atoms with E-state index in [0.29, 0.717) is 4.34 Å². The van der Waals surface area contributed by atoms with Gasteiger partial charge in [-0.25, -0.2) is 0 Å². The van der Waals surface area contributed by atoms with Gasteiger partial charge in [0.15, 0.2) is 0 Å². The molecule has 0 radical (unpaired) electrons. The Morgan fingerprint density at radius 1 is 1.64 bits per heavy atom. The van der Waals surface area contributed by atoms with Crippen LogP contribution in [0.25, 0.3) is 0 Å². The maximum atomic E-state index is 11.0. The number of aromatic nitrogens is 1. The van der Waals surface area contributed by atoms with Crippen LogP contribution >= 0.6 is 23.1 Å². The SMILES string of the molecule is CCCCc1c(Cl)s[nH]c1=O. The first-order valence-corrected chi connectivity index (χ1v) is 4.81. The number of hydrogen-bond acceptors (Lipinski definition) is 2. The molecule has 0 aliphatic carbocycles. The summed E-state index contributed by atoms with van der Waals surface area (Å²) in [6.45, 7) is 2.09. The lowest BCUT2D eigenvalue weighted by molar-refractivity contribution is 0.792. The summed E-state index contributed by atoms with van der Waals surface area (Å²) in [5.41, 5.74) is 0.729. The molecule has 1 aromatic heterocycles. The van der Waals surface area contributed by atoms with Gasteiger partial charge in [0.1, 0.15) is 4.34 Å². The van der Waals surface area contributed by atoms with Crippen LogP contribution in [0.4, 0.5) is 0 Å². The van der Waals surface area contributed by atoms with Gasteiger partial charge >= 0.3 is 0 Å². The first-order valence-electron chi connectivity index (χ1n) is 3.61. The third-order valence-corrected chi connectivity index (χ3v) is 2.70. The molecule has 0 spiro atoms. The molecule has 62 valence electrons. The normalized spacial score (nSPS) is 10.4. The molecular weight excluding hydrogens is 182 g/mol. The van der Waals surface area contributed by atoms with E-state index in [1.54, 1.807) is 0 Å². The van der Waals surface area contributed by atoms with E-state index >= 15 is 0 Å². The monoisotopic (exact) mass is 191 g/mol. The van der Waals surface area contributed by atoms with Crippen LogP contribution in [0.3, 0.4) is 0 Å². The van der Waals surface area contributed by atoms with E-state index in [2.05, 4.69) is 11.3 Å². The van der Waals surface area contributed by atoms with Gasteiger partial charge in [-0.05, 0) is 24.4 Å². The Bertz CT molecular complexity index is 278. The molecule has 2 nitrogen and oxygen atoms in total. The molecule has 1 heterocycles. The van der Waals surface area contributed by atoms with Gasteiger partial charge < -0.3 is 0 Å². The Hall–Kier alpha value is -0.280. The van der Waals surface area contributed by atoms with Crippen LogP contribution in [-0.4, -0.2) is 4.37 Å². The molecule has 4 heteroatoms. The number of halogens is 1. The third-order valence-electron chi connectivity index (χ3n) is 1.53. The molecule has 0 amide bonds. The van der Waals surface area contributed by atoms with Crippen LogP contribution in [0.5, 0.6) is 0 Å². The predicted molar refractivity (Wildman–Crippen MR) is 48.6 cm³/mol. The van der Waals surface area contributed by atoms with Crippen molar-refractivity contribution in [2.24, 2.45) is 0 Å². The van der Waals surface area contributed by atoms with Gasteiger partial charge in [0.25, 0.3) is 5.56 Å². The number of nitrogens with one attached hydrogen (secondary N) is 1. The van der Waals surface area contributed by atoms with Crippen LogP contribution in [0.1, 0.15) is 25.3 Å². The Balaban J connectivity index is 2.75. The molecule has 0 unspecified atom stereocenters. The lowest BCUT2D eigenvalue weighted by Gasteiger charge is -1.91. The van der Waals surface area contributed by atoms with E-state index in [0.717, 1.165) is 24.8 Å². The molecule has 0 atom stereocenters. The van der Waals surface area contributed by atoms with Gasteiger partial charge in [0.05, 0.1) is 0 Å². The molecule has 0 aromatic carbocycles. The third kappa shape index (κ3) is 2.07. The number of aromatic amines is 1. The van der Waals surface area contributed by atoms with Crippen molar-refractivity contribution in [1.29, 1.82) is 0 Å². The first kappa shape index (κ1) is 8.81. The average molecular weight is 192 g/mol. The van der Waals surface area contributed by atoms with Crippen LogP contribution in [-0.2, 0) is 6.42 Å². The van der Waals surface area contributed by atoms with Gasteiger partial charge in [0.2, 0.25) is 0 Å². The summed E-state index contributed by atoms with van der Waals surface area (Å²) < 4.78 is 3.21. The van der Waals surface area contributed by atoms with Gasteiger partial charge in [0, 0.05) is 5.56 Å². The van der Waals surface area contributed by atoms with Crippen molar-refractivity contribution in [2.45, 2.75) is 26.2 Å². The molecule has 0 saturated carbocycles. The highest BCUT2D eigenvalue weighted by molar-refractivity contribution is 7.10. The minimum atomic E-state index is -0.0200. The van der Waals surface area contributed by atoms with Crippen molar-refractivity contribution in [1.82, 2.24) is 4.37 Å². The summed E-state index contributed by atoms with van der Waals surface area (Å²) in [6, 6.07) is 0. The second-order valence-corrected chi connectivity index (χ2v) is 3.81. The average Bonchev–Trinajstić information content (AvgIpc) is 2.29. The van der Waals surface area contributed by atoms with Crippen LogP contribution in [0, 0.1) is 0 Å². The Kier molecular flexibility index (Phi) is 3.15. The van der Waals surface area contributed by atoms with E-state index in [9.17, 15) is 4.79 Å². The highest BCUT2D eigenvalue weighted by Crippen LogP contribution is 2.17. The van der Waals surface area contributed by atoms with Crippen LogP contribution in [0.15, 0.2) is 4.79 Å². The predicted octanol–water partition coefficient (Wildman–Crippen LogP) is 2.43. The lowest BCUT2D eigenvalue weighted by Crippen LogP contribution is -2.04. The molecule has 11 heavy (non-hydrogen) atoms. The lowest BCUT2D eigenvalue weighted by atomic mass is 10.2. The summed E-state index contributed by atoms with van der Waals surface area (Å²) in [7, 11) is 0. The highest BCUT2D eigenvalue weighted by atomic mass is 35.5. The molecule has 0 saturated heterocycles. The highest BCUT2D eigenvalue weighted by Gasteiger charge is 2.06. The smallest absolute Gasteiger partial charge is 0.262 e. The number of rotatable bonds is 3. The molecule has 0 fully saturated rings. The summed E-state index contributed by atoms with van der Waals surface area (Å²) in [6.07, 6.45) is 2.92. The topological polar surface area (TPSA) is 32.9 Å². The summed E-state index contributed by atoms with van der Waals surface area (Å²) in [5, 5.41) is 0. The zero-order chi connectivity index (χ0) is 8.27. The fourth-order valence-corrected chi connectivity index (χ4v) is 1.79. The fourth-order valence-electron chi connectivity index (χ4n) is 0.869. The van der Waals surface area contributed by atoms with Crippen molar-refractivity contribution < 1.29 is 0 Å². The number of H-pyrrole nitrogens is 1. The van der Waals surface area contributed by atoms with E-state index in [4.69, 9.17) is 11.6 Å². The Morgan fingerprint density at radius 3 is 2.82 bits per heavy atom. The van der Waals surface area contributed by atoms with Gasteiger partial charge in [-0.3, -0.25) is 9.17 Å². The van der Waals surface area contributed by atoms with E-state index < -0.39 is 0 Å². The minimum Gasteiger partial charge on any atom is -0.276 e. The molecule has 0 bridgehead atoms. The van der Waals surface area contributed by atoms with Crippen molar-refractivity contribution in [2.75, 3.05) is 0 Å². The van der Waals surface area contributed by atoms with E-state index in [-0.39, 0.29) is 5.56 Å². The molecule has 1 aromatic rings. The largest absolute Gasteiger partial charge is 0.276 e. The molecule has 1 rings (SSSR count). The van der Waals surface area contributed by atoms with Crippen molar-refractivity contribution in [3.63, 3.8) is 0 Å². The quantitative estimate of drug-likeness (QED) is 0.782. The Labute approximate surface area is 74.4 Å². The van der Waals surface area contributed by atoms with Crippen LogP contribution < -0.4 is 5.56 Å². The zero-order valence-corrected chi connectivity index (χ0v) is 7.89. The molecule has 1 N–H and O–H groups in total. The fraction of sp³-hybridized carbons (Fsp3) is 0.571. The summed E-state index contributed by atoms with van der Waals surface area (Å²) >= 11 is 6.98. The van der Waals surface area contributed by atoms with Gasteiger partial charge in [-0.1, -0.05) is 24.9 Å². The maximum Gasteiger partial charge on any atom is 0.262 e. The minimum absolute atomic E-state index is 0.0200. The zero-order valence-electron chi connectivity index (χ0n) is 6.32. The molecular formula is C7H10ClNOS. The van der Waals surface area contributed by atoms with Crippen LogP contribution in [0.2, 0.25) is 4.34 Å². The van der Waals surface area contributed by atoms with E-state index in [1.165, 1.54) is 11.5 Å². The number of hydrogen-bond donors (Lipinski definition) is 1. The van der Waals surface area contributed by atoms with Crippen molar-refractivity contribution in [3.05, 3.63) is 20.3 Å². The second kappa shape index (κ2) is 3.93. The molecule has 0 aliphatic heterocycles. The van der Waals surface area contributed by atoms with Crippen molar-refractivity contribution in [3.8, 4) is 0 Å². The molecule has 0 aliphatic rings. The Morgan fingerprint density at radius 2 is 2.36 bits per heavy atom. The van der Waals surface area contributed by atoms with Gasteiger partial charge in [-0.2, -0.15) is 0 Å². The van der Waals surface area contributed by atoms with E-state index in [1.807, 2.05) is 0 Å².